The Balaban J connectivity index is 1.27. The Kier molecular flexibility index (Phi) is 5.71. The Labute approximate surface area is 164 Å². The van der Waals surface area contributed by atoms with Crippen LogP contribution in [0.4, 0.5) is 0 Å². The number of aromatic nitrogens is 4. The number of hydrogen-bond acceptors (Lipinski definition) is 4. The number of fused-ring (bicyclic) bond motifs is 1. The van der Waals surface area contributed by atoms with Gasteiger partial charge in [-0.25, -0.2) is 9.97 Å². The van der Waals surface area contributed by atoms with Crippen molar-refractivity contribution in [1.82, 2.24) is 24.8 Å². The molecule has 1 fully saturated rings. The maximum atomic E-state index is 12.2. The predicted molar refractivity (Wildman–Crippen MR) is 107 cm³/mol. The van der Waals surface area contributed by atoms with E-state index in [1.807, 2.05) is 30.5 Å². The molecular weight excluding hydrogens is 354 g/mol. The number of para-hydroxylation sites is 2. The van der Waals surface area contributed by atoms with Gasteiger partial charge in [0.05, 0.1) is 11.0 Å². The fraction of sp³-hybridized carbons (Fsp3) is 0.476. The SMILES string of the molecule is Cc1cnc(C2CCOCC2)n1CCNC(=O)CCc1nc2ccccc2[nH]1. The molecule has 28 heavy (non-hydrogen) atoms. The van der Waals surface area contributed by atoms with E-state index in [1.54, 1.807) is 0 Å². The van der Waals surface area contributed by atoms with E-state index in [-0.39, 0.29) is 5.91 Å². The van der Waals surface area contributed by atoms with Gasteiger partial charge in [0, 0.05) is 57.0 Å². The molecule has 2 aromatic heterocycles. The first kappa shape index (κ1) is 18.7. The molecule has 7 heteroatoms. The van der Waals surface area contributed by atoms with Gasteiger partial charge in [-0.1, -0.05) is 12.1 Å². The molecule has 148 valence electrons. The zero-order valence-electron chi connectivity index (χ0n) is 16.3. The van der Waals surface area contributed by atoms with Gasteiger partial charge in [0.2, 0.25) is 5.91 Å². The zero-order valence-corrected chi connectivity index (χ0v) is 16.3. The molecule has 1 aromatic carbocycles. The van der Waals surface area contributed by atoms with E-state index in [4.69, 9.17) is 4.74 Å². The molecule has 0 saturated carbocycles. The van der Waals surface area contributed by atoms with Crippen LogP contribution in [0.2, 0.25) is 0 Å². The van der Waals surface area contributed by atoms with Crippen molar-refractivity contribution < 1.29 is 9.53 Å². The van der Waals surface area contributed by atoms with Crippen LogP contribution in [0.3, 0.4) is 0 Å². The number of nitrogens with one attached hydrogen (secondary N) is 2. The van der Waals surface area contributed by atoms with Gasteiger partial charge in [0.1, 0.15) is 11.6 Å². The maximum absolute atomic E-state index is 12.2. The molecule has 0 unspecified atom stereocenters. The van der Waals surface area contributed by atoms with Gasteiger partial charge in [-0.3, -0.25) is 4.79 Å². The summed E-state index contributed by atoms with van der Waals surface area (Å²) in [5.41, 5.74) is 3.08. The molecular formula is C21H27N5O2. The second-order valence-corrected chi connectivity index (χ2v) is 7.35. The van der Waals surface area contributed by atoms with Crippen LogP contribution in [-0.4, -0.2) is 45.2 Å². The number of benzene rings is 1. The number of carbonyl (C=O) groups is 1. The first-order valence-corrected chi connectivity index (χ1v) is 10.0. The lowest BCUT2D eigenvalue weighted by Crippen LogP contribution is -2.29. The topological polar surface area (TPSA) is 84.8 Å². The van der Waals surface area contributed by atoms with Crippen molar-refractivity contribution in [3.8, 4) is 0 Å². The first-order chi connectivity index (χ1) is 13.7. The molecule has 3 aromatic rings. The van der Waals surface area contributed by atoms with Crippen LogP contribution in [0, 0.1) is 6.92 Å². The number of imidazole rings is 2. The van der Waals surface area contributed by atoms with Crippen molar-refractivity contribution in [1.29, 1.82) is 0 Å². The van der Waals surface area contributed by atoms with Gasteiger partial charge < -0.3 is 19.6 Å². The van der Waals surface area contributed by atoms with E-state index in [0.29, 0.717) is 25.3 Å². The fourth-order valence-electron chi connectivity index (χ4n) is 3.80. The smallest absolute Gasteiger partial charge is 0.220 e. The highest BCUT2D eigenvalue weighted by Gasteiger charge is 2.21. The van der Waals surface area contributed by atoms with Gasteiger partial charge >= 0.3 is 0 Å². The molecule has 1 amide bonds. The molecule has 0 aliphatic carbocycles. The average Bonchev–Trinajstić information content (AvgIpc) is 3.30. The number of carbonyl (C=O) groups excluding carboxylic acids is 1. The normalized spacial score (nSPS) is 15.2. The van der Waals surface area contributed by atoms with Crippen LogP contribution < -0.4 is 5.32 Å². The molecule has 3 heterocycles. The highest BCUT2D eigenvalue weighted by molar-refractivity contribution is 5.77. The predicted octanol–water partition coefficient (Wildman–Crippen LogP) is 2.71. The number of amides is 1. The van der Waals surface area contributed by atoms with E-state index in [9.17, 15) is 4.79 Å². The monoisotopic (exact) mass is 381 g/mol. The lowest BCUT2D eigenvalue weighted by molar-refractivity contribution is -0.121. The lowest BCUT2D eigenvalue weighted by Gasteiger charge is -2.23. The van der Waals surface area contributed by atoms with E-state index in [2.05, 4.69) is 31.8 Å². The highest BCUT2D eigenvalue weighted by Crippen LogP contribution is 2.26. The van der Waals surface area contributed by atoms with Crippen LogP contribution >= 0.6 is 0 Å². The lowest BCUT2D eigenvalue weighted by atomic mass is 9.99. The fourth-order valence-corrected chi connectivity index (χ4v) is 3.80. The Morgan fingerprint density at radius 2 is 2.14 bits per heavy atom. The summed E-state index contributed by atoms with van der Waals surface area (Å²) in [6.07, 6.45) is 4.99. The second kappa shape index (κ2) is 8.56. The number of nitrogens with zero attached hydrogens (tertiary/aromatic N) is 3. The van der Waals surface area contributed by atoms with Gasteiger partial charge in [0.15, 0.2) is 0 Å². The Hall–Kier alpha value is -2.67. The number of ether oxygens (including phenoxy) is 1. The van der Waals surface area contributed by atoms with Gasteiger partial charge in [-0.2, -0.15) is 0 Å². The van der Waals surface area contributed by atoms with Crippen molar-refractivity contribution in [3.05, 3.63) is 47.8 Å². The van der Waals surface area contributed by atoms with Crippen molar-refractivity contribution in [2.24, 2.45) is 0 Å². The Bertz CT molecular complexity index is 906. The van der Waals surface area contributed by atoms with Crippen LogP contribution in [0.5, 0.6) is 0 Å². The molecule has 2 N–H and O–H groups in total. The highest BCUT2D eigenvalue weighted by atomic mass is 16.5. The summed E-state index contributed by atoms with van der Waals surface area (Å²) >= 11 is 0. The zero-order chi connectivity index (χ0) is 19.3. The standard InChI is InChI=1S/C21H27N5O2/c1-15-14-23-21(16-8-12-28-13-9-16)26(15)11-10-22-20(27)7-6-19-24-17-4-2-3-5-18(17)25-19/h2-5,14,16H,6-13H2,1H3,(H,22,27)(H,24,25). The molecule has 0 spiro atoms. The van der Waals surface area contributed by atoms with Crippen LogP contribution in [0.1, 0.15) is 42.5 Å². The summed E-state index contributed by atoms with van der Waals surface area (Å²) in [6.45, 7) is 5.02. The molecule has 1 aliphatic heterocycles. The van der Waals surface area contributed by atoms with E-state index >= 15 is 0 Å². The van der Waals surface area contributed by atoms with E-state index in [1.165, 1.54) is 0 Å². The number of aryl methyl sites for hydroxylation is 2. The molecule has 4 rings (SSSR count). The van der Waals surface area contributed by atoms with Crippen LogP contribution in [0.25, 0.3) is 11.0 Å². The summed E-state index contributed by atoms with van der Waals surface area (Å²) in [5.74, 6) is 2.47. The van der Waals surface area contributed by atoms with E-state index in [0.717, 1.165) is 61.0 Å². The Morgan fingerprint density at radius 3 is 2.96 bits per heavy atom. The first-order valence-electron chi connectivity index (χ1n) is 10.0. The summed E-state index contributed by atoms with van der Waals surface area (Å²) < 4.78 is 7.69. The van der Waals surface area contributed by atoms with Gasteiger partial charge in [-0.15, -0.1) is 0 Å². The summed E-state index contributed by atoms with van der Waals surface area (Å²) in [6, 6.07) is 7.91. The van der Waals surface area contributed by atoms with Crippen molar-refractivity contribution in [2.75, 3.05) is 19.8 Å². The third kappa shape index (κ3) is 4.25. The largest absolute Gasteiger partial charge is 0.381 e. The van der Waals surface area contributed by atoms with E-state index < -0.39 is 0 Å². The molecule has 0 radical (unpaired) electrons. The third-order valence-corrected chi connectivity index (χ3v) is 5.36. The minimum absolute atomic E-state index is 0.0471. The summed E-state index contributed by atoms with van der Waals surface area (Å²) in [7, 11) is 0. The number of aromatic amines is 1. The van der Waals surface area contributed by atoms with Gasteiger partial charge in [-0.05, 0) is 31.9 Å². The minimum atomic E-state index is 0.0471. The molecule has 7 nitrogen and oxygen atoms in total. The molecule has 0 bridgehead atoms. The molecule has 1 aliphatic rings. The number of hydrogen-bond donors (Lipinski definition) is 2. The number of H-pyrrole nitrogens is 1. The third-order valence-electron chi connectivity index (χ3n) is 5.36. The number of rotatable bonds is 7. The average molecular weight is 381 g/mol. The van der Waals surface area contributed by atoms with Crippen molar-refractivity contribution >= 4 is 16.9 Å². The molecule has 0 atom stereocenters. The second-order valence-electron chi connectivity index (χ2n) is 7.35. The maximum Gasteiger partial charge on any atom is 0.220 e. The quantitative estimate of drug-likeness (QED) is 0.659. The van der Waals surface area contributed by atoms with Crippen molar-refractivity contribution in [3.63, 3.8) is 0 Å². The van der Waals surface area contributed by atoms with Crippen molar-refractivity contribution in [2.45, 2.75) is 45.1 Å². The molecule has 1 saturated heterocycles. The summed E-state index contributed by atoms with van der Waals surface area (Å²) in [5, 5.41) is 3.03. The van der Waals surface area contributed by atoms with Crippen LogP contribution in [0.15, 0.2) is 30.5 Å². The van der Waals surface area contributed by atoms with Gasteiger partial charge in [0.25, 0.3) is 0 Å². The summed E-state index contributed by atoms with van der Waals surface area (Å²) in [4.78, 5) is 24.6. The Morgan fingerprint density at radius 1 is 1.32 bits per heavy atom. The minimum Gasteiger partial charge on any atom is -0.381 e. The van der Waals surface area contributed by atoms with Crippen LogP contribution in [-0.2, 0) is 22.5 Å².